The van der Waals surface area contributed by atoms with Gasteiger partial charge in [0.1, 0.15) is 5.75 Å². The largest absolute Gasteiger partial charge is 0.496 e. The standard InChI is InChI=1S/C25H28N2O4/c1-16(2)27(18-8-4-5-9-18)25(30)21-14-17(12-13-22(21)31-3)15-26-23(28)19-10-6-7-11-20(19)24(26)29/h6-7,10-14,16,18H,4-5,8-9,15H2,1-3H3. The van der Waals surface area contributed by atoms with Crippen molar-refractivity contribution in [1.82, 2.24) is 9.80 Å². The van der Waals surface area contributed by atoms with Gasteiger partial charge in [-0.15, -0.1) is 0 Å². The molecule has 6 nitrogen and oxygen atoms in total. The third-order valence-corrected chi connectivity index (χ3v) is 6.22. The summed E-state index contributed by atoms with van der Waals surface area (Å²) >= 11 is 0. The quantitative estimate of drug-likeness (QED) is 0.654. The van der Waals surface area contributed by atoms with Crippen LogP contribution in [-0.4, -0.2) is 46.7 Å². The number of benzene rings is 2. The first-order valence-electron chi connectivity index (χ1n) is 10.9. The van der Waals surface area contributed by atoms with E-state index in [1.54, 1.807) is 49.6 Å². The molecule has 0 radical (unpaired) electrons. The number of carbonyl (C=O) groups is 3. The van der Waals surface area contributed by atoms with Crippen LogP contribution in [0.5, 0.6) is 5.75 Å². The fourth-order valence-corrected chi connectivity index (χ4v) is 4.73. The van der Waals surface area contributed by atoms with E-state index in [9.17, 15) is 14.4 Å². The number of hydrogen-bond acceptors (Lipinski definition) is 4. The van der Waals surface area contributed by atoms with Crippen molar-refractivity contribution < 1.29 is 19.1 Å². The van der Waals surface area contributed by atoms with E-state index < -0.39 is 0 Å². The van der Waals surface area contributed by atoms with Gasteiger partial charge in [0.25, 0.3) is 17.7 Å². The summed E-state index contributed by atoms with van der Waals surface area (Å²) in [5, 5.41) is 0. The molecular weight excluding hydrogens is 392 g/mol. The maximum atomic E-state index is 13.5. The second-order valence-electron chi connectivity index (χ2n) is 8.52. The summed E-state index contributed by atoms with van der Waals surface area (Å²) < 4.78 is 5.48. The van der Waals surface area contributed by atoms with Gasteiger partial charge in [-0.2, -0.15) is 0 Å². The molecular formula is C25H28N2O4. The number of rotatable bonds is 6. The Morgan fingerprint density at radius 3 is 2.23 bits per heavy atom. The summed E-state index contributed by atoms with van der Waals surface area (Å²) in [7, 11) is 1.55. The highest BCUT2D eigenvalue weighted by Crippen LogP contribution is 2.31. The average Bonchev–Trinajstić information content (AvgIpc) is 3.37. The van der Waals surface area contributed by atoms with Crippen LogP contribution >= 0.6 is 0 Å². The molecule has 0 bridgehead atoms. The molecule has 4 rings (SSSR count). The van der Waals surface area contributed by atoms with Gasteiger partial charge in [-0.05, 0) is 56.5 Å². The summed E-state index contributed by atoms with van der Waals surface area (Å²) in [4.78, 5) is 42.2. The Labute approximate surface area is 182 Å². The zero-order valence-corrected chi connectivity index (χ0v) is 18.3. The molecule has 162 valence electrons. The number of fused-ring (bicyclic) bond motifs is 1. The Morgan fingerprint density at radius 2 is 1.68 bits per heavy atom. The van der Waals surface area contributed by atoms with Gasteiger partial charge >= 0.3 is 0 Å². The molecule has 2 aromatic rings. The number of ether oxygens (including phenoxy) is 1. The molecule has 0 aromatic heterocycles. The monoisotopic (exact) mass is 420 g/mol. The van der Waals surface area contributed by atoms with Crippen molar-refractivity contribution in [3.8, 4) is 5.75 Å². The van der Waals surface area contributed by atoms with E-state index >= 15 is 0 Å². The summed E-state index contributed by atoms with van der Waals surface area (Å²) in [5.41, 5.74) is 2.03. The van der Waals surface area contributed by atoms with E-state index in [4.69, 9.17) is 4.74 Å². The SMILES string of the molecule is COc1ccc(CN2C(=O)c3ccccc3C2=O)cc1C(=O)N(C(C)C)C1CCCC1. The molecule has 0 unspecified atom stereocenters. The zero-order valence-electron chi connectivity index (χ0n) is 18.3. The Bertz CT molecular complexity index is 989. The van der Waals surface area contributed by atoms with Crippen molar-refractivity contribution in [1.29, 1.82) is 0 Å². The third-order valence-electron chi connectivity index (χ3n) is 6.22. The van der Waals surface area contributed by atoms with Crippen LogP contribution in [0.4, 0.5) is 0 Å². The van der Waals surface area contributed by atoms with Crippen LogP contribution < -0.4 is 4.74 Å². The van der Waals surface area contributed by atoms with Crippen LogP contribution in [0.2, 0.25) is 0 Å². The normalized spacial score (nSPS) is 16.2. The van der Waals surface area contributed by atoms with Crippen LogP contribution in [0.25, 0.3) is 0 Å². The second kappa shape index (κ2) is 8.53. The van der Waals surface area contributed by atoms with Gasteiger partial charge in [0, 0.05) is 12.1 Å². The molecule has 3 amide bonds. The van der Waals surface area contributed by atoms with Crippen molar-refractivity contribution in [2.24, 2.45) is 0 Å². The Morgan fingerprint density at radius 1 is 1.06 bits per heavy atom. The van der Waals surface area contributed by atoms with E-state index in [0.717, 1.165) is 25.7 Å². The first kappa shape index (κ1) is 21.1. The van der Waals surface area contributed by atoms with E-state index in [1.165, 1.54) is 4.90 Å². The van der Waals surface area contributed by atoms with Crippen molar-refractivity contribution in [2.75, 3.05) is 7.11 Å². The highest BCUT2D eigenvalue weighted by atomic mass is 16.5. The predicted molar refractivity (Wildman–Crippen MR) is 117 cm³/mol. The number of carbonyl (C=O) groups excluding carboxylic acids is 3. The molecule has 0 atom stereocenters. The summed E-state index contributed by atoms with van der Waals surface area (Å²) in [6.07, 6.45) is 4.30. The van der Waals surface area contributed by atoms with Crippen LogP contribution in [0, 0.1) is 0 Å². The minimum Gasteiger partial charge on any atom is -0.496 e. The summed E-state index contributed by atoms with van der Waals surface area (Å²) in [6.45, 7) is 4.18. The van der Waals surface area contributed by atoms with Gasteiger partial charge in [-0.25, -0.2) is 0 Å². The van der Waals surface area contributed by atoms with Crippen LogP contribution in [-0.2, 0) is 6.54 Å². The molecule has 31 heavy (non-hydrogen) atoms. The summed E-state index contributed by atoms with van der Waals surface area (Å²) in [5.74, 6) is -0.180. The van der Waals surface area contributed by atoms with Crippen LogP contribution in [0.3, 0.4) is 0 Å². The lowest BCUT2D eigenvalue weighted by Crippen LogP contribution is -2.43. The number of nitrogens with zero attached hydrogens (tertiary/aromatic N) is 2. The smallest absolute Gasteiger partial charge is 0.261 e. The van der Waals surface area contributed by atoms with Crippen molar-refractivity contribution in [3.63, 3.8) is 0 Å². The van der Waals surface area contributed by atoms with Gasteiger partial charge in [-0.3, -0.25) is 19.3 Å². The van der Waals surface area contributed by atoms with Crippen LogP contribution in [0.1, 0.15) is 76.2 Å². The minimum atomic E-state index is -0.306. The average molecular weight is 421 g/mol. The molecule has 0 spiro atoms. The lowest BCUT2D eigenvalue weighted by Gasteiger charge is -2.33. The molecule has 1 saturated carbocycles. The maximum absolute atomic E-state index is 13.5. The Hall–Kier alpha value is -3.15. The molecule has 1 aliphatic heterocycles. The number of imide groups is 1. The molecule has 6 heteroatoms. The fourth-order valence-electron chi connectivity index (χ4n) is 4.73. The number of hydrogen-bond donors (Lipinski definition) is 0. The van der Waals surface area contributed by atoms with Crippen LogP contribution in [0.15, 0.2) is 42.5 Å². The summed E-state index contributed by atoms with van der Waals surface area (Å²) in [6, 6.07) is 12.4. The lowest BCUT2D eigenvalue weighted by molar-refractivity contribution is 0.0608. The molecule has 2 aliphatic rings. The molecule has 2 aromatic carbocycles. The molecule has 1 aliphatic carbocycles. The van der Waals surface area contributed by atoms with Gasteiger partial charge in [0.05, 0.1) is 30.3 Å². The van der Waals surface area contributed by atoms with E-state index in [0.29, 0.717) is 28.0 Å². The molecule has 0 saturated heterocycles. The Kier molecular flexibility index (Phi) is 5.81. The maximum Gasteiger partial charge on any atom is 0.261 e. The van der Waals surface area contributed by atoms with Gasteiger partial charge in [0.2, 0.25) is 0 Å². The van der Waals surface area contributed by atoms with E-state index in [2.05, 4.69) is 0 Å². The predicted octanol–water partition coefficient (Wildman–Crippen LogP) is 4.28. The lowest BCUT2D eigenvalue weighted by atomic mass is 10.0. The topological polar surface area (TPSA) is 66.9 Å². The third kappa shape index (κ3) is 3.82. The molecule has 1 heterocycles. The minimum absolute atomic E-state index is 0.0667. The van der Waals surface area contributed by atoms with E-state index in [-0.39, 0.29) is 36.3 Å². The van der Waals surface area contributed by atoms with E-state index in [1.807, 2.05) is 18.7 Å². The first-order valence-corrected chi connectivity index (χ1v) is 10.9. The first-order chi connectivity index (χ1) is 14.9. The second-order valence-corrected chi connectivity index (χ2v) is 8.52. The van der Waals surface area contributed by atoms with Gasteiger partial charge < -0.3 is 9.64 Å². The fraction of sp³-hybridized carbons (Fsp3) is 0.400. The van der Waals surface area contributed by atoms with Gasteiger partial charge in [0.15, 0.2) is 0 Å². The van der Waals surface area contributed by atoms with Crippen molar-refractivity contribution in [3.05, 3.63) is 64.7 Å². The van der Waals surface area contributed by atoms with Crippen molar-refractivity contribution >= 4 is 17.7 Å². The molecule has 0 N–H and O–H groups in total. The number of methoxy groups -OCH3 is 1. The zero-order chi connectivity index (χ0) is 22.1. The highest BCUT2D eigenvalue weighted by Gasteiger charge is 2.36. The Balaban J connectivity index is 1.63. The number of amides is 3. The van der Waals surface area contributed by atoms with Gasteiger partial charge in [-0.1, -0.05) is 31.0 Å². The highest BCUT2D eigenvalue weighted by molar-refractivity contribution is 6.21. The van der Waals surface area contributed by atoms with Crippen molar-refractivity contribution in [2.45, 2.75) is 58.2 Å². The molecule has 1 fully saturated rings.